The number of ether oxygens (including phenoxy) is 1. The second-order valence-corrected chi connectivity index (χ2v) is 6.69. The van der Waals surface area contributed by atoms with Gasteiger partial charge in [0.05, 0.1) is 15.4 Å². The lowest BCUT2D eigenvalue weighted by Crippen LogP contribution is -2.20. The largest absolute Gasteiger partial charge is 0.445 e. The van der Waals surface area contributed by atoms with E-state index in [4.69, 9.17) is 16.3 Å². The molecule has 31 heavy (non-hydrogen) atoms. The van der Waals surface area contributed by atoms with E-state index in [9.17, 15) is 29.8 Å². The van der Waals surface area contributed by atoms with E-state index in [2.05, 4.69) is 0 Å². The molecule has 1 atom stereocenters. The third kappa shape index (κ3) is 4.90. The van der Waals surface area contributed by atoms with Gasteiger partial charge < -0.3 is 4.74 Å². The van der Waals surface area contributed by atoms with Crippen LogP contribution < -0.4 is 0 Å². The number of esters is 1. The number of hydrogen-bond acceptors (Lipinski definition) is 7. The van der Waals surface area contributed by atoms with Gasteiger partial charge in [0.15, 0.2) is 6.10 Å². The Morgan fingerprint density at radius 3 is 2.06 bits per heavy atom. The fourth-order valence-electron chi connectivity index (χ4n) is 2.75. The normalized spacial score (nSPS) is 11.4. The van der Waals surface area contributed by atoms with Gasteiger partial charge in [-0.25, -0.2) is 4.79 Å². The van der Waals surface area contributed by atoms with Crippen LogP contribution >= 0.6 is 11.6 Å². The number of nitro benzene ring substituents is 2. The Balaban J connectivity index is 1.97. The van der Waals surface area contributed by atoms with Gasteiger partial charge in [-0.2, -0.15) is 0 Å². The van der Waals surface area contributed by atoms with Crippen molar-refractivity contribution < 1.29 is 24.2 Å². The summed E-state index contributed by atoms with van der Waals surface area (Å²) in [5.41, 5.74) is -0.410. The summed E-state index contributed by atoms with van der Waals surface area (Å²) >= 11 is 5.77. The molecule has 0 unspecified atom stereocenters. The van der Waals surface area contributed by atoms with Crippen molar-refractivity contribution in [2.75, 3.05) is 0 Å². The molecule has 0 bridgehead atoms. The Bertz CT molecular complexity index is 1160. The maximum Gasteiger partial charge on any atom is 0.339 e. The minimum absolute atomic E-state index is 0.158. The highest BCUT2D eigenvalue weighted by Gasteiger charge is 2.28. The number of carbonyl (C=O) groups is 2. The molecule has 9 nitrogen and oxygen atoms in total. The summed E-state index contributed by atoms with van der Waals surface area (Å²) in [6, 6.07) is 16.4. The zero-order valence-corrected chi connectivity index (χ0v) is 16.4. The monoisotopic (exact) mass is 440 g/mol. The Morgan fingerprint density at radius 1 is 0.839 bits per heavy atom. The number of ketones is 1. The molecular formula is C21H13ClN2O7. The van der Waals surface area contributed by atoms with Gasteiger partial charge in [0.1, 0.15) is 5.02 Å². The lowest BCUT2D eigenvalue weighted by Gasteiger charge is -2.17. The van der Waals surface area contributed by atoms with Gasteiger partial charge in [0, 0.05) is 29.3 Å². The van der Waals surface area contributed by atoms with E-state index in [0.717, 1.165) is 6.07 Å². The minimum atomic E-state index is -1.43. The molecule has 0 spiro atoms. The minimum Gasteiger partial charge on any atom is -0.445 e. The SMILES string of the molecule is O=C(O[C@@H](C(=O)c1ccccc1)c1ccc([N+](=O)[O-])cc1)c1ccc(Cl)c([N+](=O)[O-])c1. The summed E-state index contributed by atoms with van der Waals surface area (Å²) in [5.74, 6) is -1.56. The summed E-state index contributed by atoms with van der Waals surface area (Å²) in [4.78, 5) is 46.3. The molecule has 0 aromatic heterocycles. The number of benzene rings is 3. The number of nitro groups is 2. The van der Waals surface area contributed by atoms with Crippen LogP contribution in [0.25, 0.3) is 0 Å². The molecule has 0 heterocycles. The Hall–Kier alpha value is -4.11. The van der Waals surface area contributed by atoms with E-state index in [1.54, 1.807) is 18.2 Å². The van der Waals surface area contributed by atoms with Crippen molar-refractivity contribution in [3.05, 3.63) is 115 Å². The smallest absolute Gasteiger partial charge is 0.339 e. The highest BCUT2D eigenvalue weighted by atomic mass is 35.5. The first-order valence-electron chi connectivity index (χ1n) is 8.76. The predicted molar refractivity (Wildman–Crippen MR) is 110 cm³/mol. The quantitative estimate of drug-likeness (QED) is 0.220. The first kappa shape index (κ1) is 21.6. The molecule has 0 radical (unpaired) electrons. The molecule has 3 aromatic rings. The number of nitrogens with zero attached hydrogens (tertiary/aromatic N) is 2. The zero-order chi connectivity index (χ0) is 22.5. The standard InChI is InChI=1S/C21H13ClN2O7/c22-17-11-8-15(12-18(17)24(29)30)21(26)31-20(19(25)13-4-2-1-3-5-13)14-6-9-16(10-7-14)23(27)28/h1-12,20H/t20-/m1/s1. The predicted octanol–water partition coefficient (Wildman–Crippen LogP) is 4.94. The number of hydrogen-bond donors (Lipinski definition) is 0. The van der Waals surface area contributed by atoms with Gasteiger partial charge in [-0.1, -0.05) is 41.9 Å². The zero-order valence-electron chi connectivity index (χ0n) is 15.6. The molecule has 0 aliphatic rings. The van der Waals surface area contributed by atoms with Crippen LogP contribution in [0.2, 0.25) is 5.02 Å². The topological polar surface area (TPSA) is 130 Å². The molecule has 0 fully saturated rings. The van der Waals surface area contributed by atoms with Crippen molar-refractivity contribution in [1.29, 1.82) is 0 Å². The molecule has 10 heteroatoms. The van der Waals surface area contributed by atoms with Crippen LogP contribution in [-0.2, 0) is 4.74 Å². The van der Waals surface area contributed by atoms with Crippen LogP contribution in [-0.4, -0.2) is 21.6 Å². The molecule has 0 saturated carbocycles. The van der Waals surface area contributed by atoms with Crippen molar-refractivity contribution in [2.24, 2.45) is 0 Å². The highest BCUT2D eigenvalue weighted by molar-refractivity contribution is 6.32. The number of non-ortho nitro benzene ring substituents is 1. The molecule has 0 N–H and O–H groups in total. The summed E-state index contributed by atoms with van der Waals surface area (Å²) in [5, 5.41) is 21.8. The second-order valence-electron chi connectivity index (χ2n) is 6.29. The molecule has 0 amide bonds. The van der Waals surface area contributed by atoms with Crippen LogP contribution in [0.5, 0.6) is 0 Å². The van der Waals surface area contributed by atoms with E-state index in [1.165, 1.54) is 48.5 Å². The van der Waals surface area contributed by atoms with E-state index in [1.807, 2.05) is 0 Å². The molecule has 0 saturated heterocycles. The maximum atomic E-state index is 13.0. The lowest BCUT2D eigenvalue weighted by molar-refractivity contribution is -0.385. The number of Topliss-reactive ketones (excluding diaryl/α,β-unsaturated/α-hetero) is 1. The molecular weight excluding hydrogens is 428 g/mol. The maximum absolute atomic E-state index is 13.0. The summed E-state index contributed by atoms with van der Waals surface area (Å²) in [6.45, 7) is 0. The van der Waals surface area contributed by atoms with Crippen molar-refractivity contribution in [1.82, 2.24) is 0 Å². The number of halogens is 1. The van der Waals surface area contributed by atoms with E-state index in [-0.39, 0.29) is 27.4 Å². The Morgan fingerprint density at radius 2 is 1.48 bits per heavy atom. The molecule has 3 aromatic carbocycles. The second kappa shape index (κ2) is 9.14. The first-order valence-corrected chi connectivity index (χ1v) is 9.14. The van der Waals surface area contributed by atoms with Gasteiger partial charge in [-0.15, -0.1) is 0 Å². The van der Waals surface area contributed by atoms with Gasteiger partial charge in [0.25, 0.3) is 11.4 Å². The molecule has 156 valence electrons. The van der Waals surface area contributed by atoms with Crippen molar-refractivity contribution >= 4 is 34.7 Å². The van der Waals surface area contributed by atoms with E-state index in [0.29, 0.717) is 0 Å². The van der Waals surface area contributed by atoms with Crippen LogP contribution in [0.15, 0.2) is 72.8 Å². The molecule has 0 aliphatic heterocycles. The third-order valence-corrected chi connectivity index (χ3v) is 4.63. The van der Waals surface area contributed by atoms with Crippen molar-refractivity contribution in [2.45, 2.75) is 6.10 Å². The Labute approximate surface area is 180 Å². The third-order valence-electron chi connectivity index (χ3n) is 4.31. The van der Waals surface area contributed by atoms with Gasteiger partial charge in [0.2, 0.25) is 5.78 Å². The average Bonchev–Trinajstić information content (AvgIpc) is 2.77. The summed E-state index contributed by atoms with van der Waals surface area (Å²) in [6.07, 6.45) is -1.43. The fraction of sp³-hybridized carbons (Fsp3) is 0.0476. The van der Waals surface area contributed by atoms with Crippen LogP contribution in [0.1, 0.15) is 32.4 Å². The van der Waals surface area contributed by atoms with Gasteiger partial charge >= 0.3 is 5.97 Å². The molecule has 0 aliphatic carbocycles. The Kier molecular flexibility index (Phi) is 6.37. The highest BCUT2D eigenvalue weighted by Crippen LogP contribution is 2.29. The van der Waals surface area contributed by atoms with E-state index >= 15 is 0 Å². The fourth-order valence-corrected chi connectivity index (χ4v) is 2.94. The number of carbonyl (C=O) groups excluding carboxylic acids is 2. The lowest BCUT2D eigenvalue weighted by atomic mass is 9.99. The first-order chi connectivity index (χ1) is 14.8. The van der Waals surface area contributed by atoms with Crippen LogP contribution in [0.4, 0.5) is 11.4 Å². The van der Waals surface area contributed by atoms with Crippen LogP contribution in [0, 0.1) is 20.2 Å². The average molecular weight is 441 g/mol. The van der Waals surface area contributed by atoms with Crippen molar-refractivity contribution in [3.63, 3.8) is 0 Å². The summed E-state index contributed by atoms with van der Waals surface area (Å²) < 4.78 is 5.39. The molecule has 3 rings (SSSR count). The van der Waals surface area contributed by atoms with E-state index < -0.39 is 33.4 Å². The van der Waals surface area contributed by atoms with Gasteiger partial charge in [-0.3, -0.25) is 25.0 Å². The van der Waals surface area contributed by atoms with Gasteiger partial charge in [-0.05, 0) is 24.3 Å². The number of rotatable bonds is 7. The van der Waals surface area contributed by atoms with Crippen LogP contribution in [0.3, 0.4) is 0 Å². The summed E-state index contributed by atoms with van der Waals surface area (Å²) in [7, 11) is 0. The van der Waals surface area contributed by atoms with Crippen molar-refractivity contribution in [3.8, 4) is 0 Å².